The molecule has 0 saturated carbocycles. The number of hydrogen-bond donors (Lipinski definition) is 2. The van der Waals surface area contributed by atoms with E-state index < -0.39 is 27.0 Å². The maximum Gasteiger partial charge on any atom is 0.316 e. The van der Waals surface area contributed by atoms with E-state index >= 15 is 0 Å². The number of hydrogen-bond acceptors (Lipinski definition) is 6. The molecule has 0 atom stereocenters. The number of aromatic nitrogens is 3. The Morgan fingerprint density at radius 2 is 1.76 bits per heavy atom. The molecule has 1 aromatic carbocycles. The molecule has 13 heteroatoms. The fourth-order valence-electron chi connectivity index (χ4n) is 4.11. The molecule has 34 heavy (non-hydrogen) atoms. The number of benzene rings is 1. The summed E-state index contributed by atoms with van der Waals surface area (Å²) in [6.45, 7) is 2.54. The largest absolute Gasteiger partial charge is 0.364 e. The topological polar surface area (TPSA) is 161 Å². The summed E-state index contributed by atoms with van der Waals surface area (Å²) in [5, 5.41) is 0. The van der Waals surface area contributed by atoms with E-state index in [2.05, 4.69) is 4.98 Å². The number of sulfonamides is 1. The molecule has 2 amide bonds. The van der Waals surface area contributed by atoms with Gasteiger partial charge in [0.05, 0.1) is 11.0 Å². The second-order valence-electron chi connectivity index (χ2n) is 7.97. The Morgan fingerprint density at radius 3 is 2.35 bits per heavy atom. The fraction of sp³-hybridized carbons (Fsp3) is 0.333. The van der Waals surface area contributed by atoms with Crippen LogP contribution in [0.25, 0.3) is 11.0 Å². The lowest BCUT2D eigenvalue weighted by Crippen LogP contribution is -2.50. The molecule has 2 aromatic heterocycles. The molecule has 0 unspecified atom stereocenters. The van der Waals surface area contributed by atoms with Crippen LogP contribution in [0.15, 0.2) is 44.9 Å². The van der Waals surface area contributed by atoms with Crippen molar-refractivity contribution in [3.8, 4) is 0 Å². The molecule has 0 bridgehead atoms. The van der Waals surface area contributed by atoms with Crippen LogP contribution in [0.3, 0.4) is 0 Å². The van der Waals surface area contributed by atoms with Gasteiger partial charge >= 0.3 is 11.1 Å². The van der Waals surface area contributed by atoms with E-state index in [4.69, 9.17) is 5.73 Å². The van der Waals surface area contributed by atoms with Crippen molar-refractivity contribution in [1.82, 2.24) is 23.3 Å². The summed E-state index contributed by atoms with van der Waals surface area (Å²) in [5.41, 5.74) is 5.12. The number of fused-ring (bicyclic) bond motifs is 1. The van der Waals surface area contributed by atoms with Crippen molar-refractivity contribution >= 4 is 32.9 Å². The smallest absolute Gasteiger partial charge is 0.316 e. The lowest BCUT2D eigenvalue weighted by molar-refractivity contribution is 0.0698. The van der Waals surface area contributed by atoms with Gasteiger partial charge in [0.1, 0.15) is 10.6 Å². The Kier molecular flexibility index (Phi) is 5.91. The molecule has 1 aliphatic rings. The molecule has 3 aromatic rings. The Bertz CT molecular complexity index is 1530. The van der Waals surface area contributed by atoms with Crippen molar-refractivity contribution in [2.24, 2.45) is 12.8 Å². The van der Waals surface area contributed by atoms with E-state index in [-0.39, 0.29) is 42.7 Å². The lowest BCUT2D eigenvalue weighted by atomic mass is 10.1. The molecule has 180 valence electrons. The number of carbonyl (C=O) groups excluding carboxylic acids is 2. The third kappa shape index (κ3) is 3.92. The molecule has 0 spiro atoms. The number of nitrogens with one attached hydrogen (secondary N) is 1. The van der Waals surface area contributed by atoms with E-state index in [1.54, 1.807) is 19.1 Å². The highest BCUT2D eigenvalue weighted by atomic mass is 32.2. The van der Waals surface area contributed by atoms with Crippen molar-refractivity contribution in [3.05, 3.63) is 62.4 Å². The maximum atomic E-state index is 13.0. The van der Waals surface area contributed by atoms with Gasteiger partial charge in [-0.15, -0.1) is 0 Å². The summed E-state index contributed by atoms with van der Waals surface area (Å²) in [4.78, 5) is 52.4. The Hall–Kier alpha value is -3.71. The van der Waals surface area contributed by atoms with Gasteiger partial charge in [-0.25, -0.2) is 8.42 Å². The average Bonchev–Trinajstić information content (AvgIpc) is 3.22. The monoisotopic (exact) mass is 488 g/mol. The molecule has 0 radical (unpaired) electrons. The third-order valence-corrected chi connectivity index (χ3v) is 7.80. The first-order chi connectivity index (χ1) is 16.0. The molecule has 1 saturated heterocycles. The number of nitrogens with zero attached hydrogens (tertiary/aromatic N) is 4. The zero-order chi connectivity index (χ0) is 24.8. The molecular weight excluding hydrogens is 464 g/mol. The minimum atomic E-state index is -3.86. The number of H-pyrrole nitrogens is 1. The molecule has 4 rings (SSSR count). The highest BCUT2D eigenvalue weighted by molar-refractivity contribution is 7.89. The highest BCUT2D eigenvalue weighted by Crippen LogP contribution is 2.21. The summed E-state index contributed by atoms with van der Waals surface area (Å²) in [6.07, 6.45) is 1.33. The molecule has 1 fully saturated rings. The number of carbonyl (C=O) groups is 2. The number of nitrogens with two attached hydrogens (primary N) is 1. The average molecular weight is 489 g/mol. The minimum absolute atomic E-state index is 0.0379. The van der Waals surface area contributed by atoms with Crippen molar-refractivity contribution in [1.29, 1.82) is 0 Å². The second kappa shape index (κ2) is 8.57. The molecule has 3 heterocycles. The van der Waals surface area contributed by atoms with Gasteiger partial charge in [0, 0.05) is 51.5 Å². The molecule has 1 aliphatic heterocycles. The molecule has 3 N–H and O–H groups in total. The van der Waals surface area contributed by atoms with Crippen LogP contribution in [0.4, 0.5) is 0 Å². The van der Waals surface area contributed by atoms with Gasteiger partial charge in [-0.3, -0.25) is 19.2 Å². The van der Waals surface area contributed by atoms with Crippen molar-refractivity contribution in [2.75, 3.05) is 26.2 Å². The number of aryl methyl sites for hydroxylation is 2. The number of rotatable bonds is 5. The van der Waals surface area contributed by atoms with Crippen molar-refractivity contribution in [2.45, 2.75) is 18.4 Å². The molecular formula is C21H24N6O6S. The summed E-state index contributed by atoms with van der Waals surface area (Å²) in [7, 11) is -2.33. The van der Waals surface area contributed by atoms with Crippen LogP contribution in [-0.4, -0.2) is 69.7 Å². The second-order valence-corrected chi connectivity index (χ2v) is 9.91. The normalized spacial score (nSPS) is 15.1. The Labute approximate surface area is 194 Å². The summed E-state index contributed by atoms with van der Waals surface area (Å²) in [5.74, 6) is -1.04. The van der Waals surface area contributed by atoms with E-state index in [1.807, 2.05) is 0 Å². The summed E-state index contributed by atoms with van der Waals surface area (Å²) >= 11 is 0. The summed E-state index contributed by atoms with van der Waals surface area (Å²) in [6, 6.07) is 5.94. The lowest BCUT2D eigenvalue weighted by Gasteiger charge is -2.33. The molecule has 12 nitrogen and oxygen atoms in total. The van der Waals surface area contributed by atoms with Crippen LogP contribution >= 0.6 is 0 Å². The number of amides is 2. The van der Waals surface area contributed by atoms with E-state index in [0.717, 1.165) is 0 Å². The fourth-order valence-corrected chi connectivity index (χ4v) is 5.60. The van der Waals surface area contributed by atoms with Crippen LogP contribution in [0.2, 0.25) is 0 Å². The van der Waals surface area contributed by atoms with Crippen LogP contribution in [0, 0.1) is 0 Å². The highest BCUT2D eigenvalue weighted by Gasteiger charge is 2.32. The van der Waals surface area contributed by atoms with Gasteiger partial charge in [-0.05, 0) is 31.2 Å². The van der Waals surface area contributed by atoms with Crippen LogP contribution in [0.5, 0.6) is 0 Å². The zero-order valence-electron chi connectivity index (χ0n) is 18.6. The first kappa shape index (κ1) is 23.4. The van der Waals surface area contributed by atoms with E-state index in [9.17, 15) is 27.6 Å². The maximum absolute atomic E-state index is 13.0. The zero-order valence-corrected chi connectivity index (χ0v) is 19.5. The first-order valence-electron chi connectivity index (χ1n) is 10.6. The predicted molar refractivity (Wildman–Crippen MR) is 123 cm³/mol. The van der Waals surface area contributed by atoms with Gasteiger partial charge in [0.25, 0.3) is 11.8 Å². The number of aromatic amines is 1. The van der Waals surface area contributed by atoms with Crippen LogP contribution in [-0.2, 0) is 23.6 Å². The Balaban J connectivity index is 1.52. The van der Waals surface area contributed by atoms with Gasteiger partial charge in [-0.2, -0.15) is 4.31 Å². The van der Waals surface area contributed by atoms with Gasteiger partial charge in [0.2, 0.25) is 10.0 Å². The van der Waals surface area contributed by atoms with Gasteiger partial charge in [0.15, 0.2) is 0 Å². The number of piperazine rings is 1. The predicted octanol–water partition coefficient (Wildman–Crippen LogP) is -0.706. The van der Waals surface area contributed by atoms with Gasteiger partial charge < -0.3 is 24.8 Å². The minimum Gasteiger partial charge on any atom is -0.364 e. The van der Waals surface area contributed by atoms with Crippen LogP contribution in [0.1, 0.15) is 27.8 Å². The standard InChI is InChI=1S/C21H24N6O6S/c1-3-27-16-5-4-13(10-15(16)23-19(29)21(27)31)20(30)25-6-8-26(9-7-25)34(32,33)14-11-17(18(22)28)24(2)12-14/h4-5,10-12H,3,6-9H2,1-2H3,(H2,22,28)(H,23,29). The van der Waals surface area contributed by atoms with E-state index in [1.165, 1.54) is 43.7 Å². The molecule has 0 aliphatic carbocycles. The van der Waals surface area contributed by atoms with Crippen molar-refractivity contribution in [3.63, 3.8) is 0 Å². The summed E-state index contributed by atoms with van der Waals surface area (Å²) < 4.78 is 29.9. The quantitative estimate of drug-likeness (QED) is 0.451. The Morgan fingerprint density at radius 1 is 1.09 bits per heavy atom. The number of primary amides is 1. The first-order valence-corrected chi connectivity index (χ1v) is 12.0. The van der Waals surface area contributed by atoms with Crippen LogP contribution < -0.4 is 16.9 Å². The SMILES string of the molecule is CCn1c(=O)c(=O)[nH]c2cc(C(=O)N3CCN(S(=O)(=O)c4cc(C(N)=O)n(C)c4)CC3)ccc21. The third-order valence-electron chi connectivity index (χ3n) is 5.93. The van der Waals surface area contributed by atoms with Crippen molar-refractivity contribution < 1.29 is 18.0 Å². The van der Waals surface area contributed by atoms with Gasteiger partial charge in [-0.1, -0.05) is 0 Å². The van der Waals surface area contributed by atoms with E-state index in [0.29, 0.717) is 23.1 Å².